The van der Waals surface area contributed by atoms with Gasteiger partial charge in [-0.15, -0.1) is 10.2 Å². The molecule has 2 fully saturated rings. The van der Waals surface area contributed by atoms with E-state index in [1.54, 1.807) is 0 Å². The maximum Gasteiger partial charge on any atom is 0.146 e. The molecule has 2 saturated heterocycles. The van der Waals surface area contributed by atoms with Gasteiger partial charge in [-0.1, -0.05) is 0 Å². The first-order valence-corrected chi connectivity index (χ1v) is 9.51. The molecule has 0 amide bonds. The molecule has 2 aliphatic rings. The summed E-state index contributed by atoms with van der Waals surface area (Å²) in [5.74, 6) is 2.84. The fourth-order valence-electron chi connectivity index (χ4n) is 4.10. The molecule has 0 spiro atoms. The first-order chi connectivity index (χ1) is 12.3. The average molecular weight is 340 g/mol. The molecule has 2 aromatic heterocycles. The summed E-state index contributed by atoms with van der Waals surface area (Å²) in [7, 11) is 2.14. The lowest BCUT2D eigenvalue weighted by Gasteiger charge is -2.31. The van der Waals surface area contributed by atoms with E-state index in [2.05, 4.69) is 48.7 Å². The maximum atomic E-state index is 4.55. The molecule has 4 heterocycles. The maximum absolute atomic E-state index is 4.55. The minimum absolute atomic E-state index is 0.540. The Morgan fingerprint density at radius 3 is 2.32 bits per heavy atom. The number of hydrogen-bond acceptors (Lipinski definition) is 5. The molecule has 0 atom stereocenters. The van der Waals surface area contributed by atoms with Gasteiger partial charge in [0.15, 0.2) is 0 Å². The predicted molar refractivity (Wildman–Crippen MR) is 97.0 cm³/mol. The zero-order chi connectivity index (χ0) is 17.1. The third kappa shape index (κ3) is 3.90. The molecule has 6 heteroatoms. The minimum Gasteiger partial charge on any atom is -0.317 e. The van der Waals surface area contributed by atoms with Crippen molar-refractivity contribution >= 4 is 0 Å². The highest BCUT2D eigenvalue weighted by Crippen LogP contribution is 2.27. The molecule has 2 aromatic rings. The van der Waals surface area contributed by atoms with Crippen molar-refractivity contribution in [1.29, 1.82) is 0 Å². The van der Waals surface area contributed by atoms with Crippen LogP contribution in [0.5, 0.6) is 0 Å². The third-order valence-corrected chi connectivity index (χ3v) is 5.67. The number of rotatable bonds is 5. The van der Waals surface area contributed by atoms with Crippen LogP contribution in [0.15, 0.2) is 24.5 Å². The van der Waals surface area contributed by atoms with Crippen LogP contribution in [-0.4, -0.2) is 55.7 Å². The van der Waals surface area contributed by atoms with E-state index in [1.165, 1.54) is 50.2 Å². The van der Waals surface area contributed by atoms with Crippen molar-refractivity contribution in [2.75, 3.05) is 26.2 Å². The van der Waals surface area contributed by atoms with Gasteiger partial charge in [0.2, 0.25) is 0 Å². The number of likely N-dealkylation sites (tertiary alicyclic amines) is 2. The van der Waals surface area contributed by atoms with Crippen LogP contribution >= 0.6 is 0 Å². The molecule has 134 valence electrons. The van der Waals surface area contributed by atoms with E-state index in [-0.39, 0.29) is 0 Å². The predicted octanol–water partition coefficient (Wildman–Crippen LogP) is 2.19. The molecular weight excluding hydrogens is 312 g/mol. The molecule has 2 aliphatic heterocycles. The van der Waals surface area contributed by atoms with Gasteiger partial charge in [0.05, 0.1) is 6.54 Å². The fraction of sp³-hybridized carbons (Fsp3) is 0.632. The number of hydrogen-bond donors (Lipinski definition) is 0. The first-order valence-electron chi connectivity index (χ1n) is 9.51. The van der Waals surface area contributed by atoms with Gasteiger partial charge in [0, 0.05) is 31.9 Å². The van der Waals surface area contributed by atoms with Gasteiger partial charge in [0.1, 0.15) is 11.6 Å². The average Bonchev–Trinajstić information content (AvgIpc) is 3.28. The van der Waals surface area contributed by atoms with Crippen LogP contribution in [-0.2, 0) is 20.1 Å². The van der Waals surface area contributed by atoms with E-state index in [1.807, 2.05) is 12.4 Å². The van der Waals surface area contributed by atoms with Crippen LogP contribution in [0.2, 0.25) is 0 Å². The molecule has 0 bridgehead atoms. The molecular formula is C19H28N6. The van der Waals surface area contributed by atoms with Crippen molar-refractivity contribution in [1.82, 2.24) is 29.5 Å². The van der Waals surface area contributed by atoms with Crippen LogP contribution in [0.1, 0.15) is 48.8 Å². The van der Waals surface area contributed by atoms with Gasteiger partial charge in [-0.3, -0.25) is 14.8 Å². The van der Waals surface area contributed by atoms with Crippen LogP contribution in [0.4, 0.5) is 0 Å². The van der Waals surface area contributed by atoms with Gasteiger partial charge in [-0.05, 0) is 69.6 Å². The zero-order valence-corrected chi connectivity index (χ0v) is 15.1. The second-order valence-corrected chi connectivity index (χ2v) is 7.42. The summed E-state index contributed by atoms with van der Waals surface area (Å²) in [5, 5.41) is 9.04. The van der Waals surface area contributed by atoms with E-state index in [0.717, 1.165) is 32.0 Å². The number of piperidine rings is 1. The first kappa shape index (κ1) is 16.7. The van der Waals surface area contributed by atoms with E-state index in [4.69, 9.17) is 0 Å². The van der Waals surface area contributed by atoms with Gasteiger partial charge in [-0.25, -0.2) is 0 Å². The second-order valence-electron chi connectivity index (χ2n) is 7.42. The molecule has 4 rings (SSSR count). The highest BCUT2D eigenvalue weighted by molar-refractivity contribution is 5.10. The minimum atomic E-state index is 0.540. The summed E-state index contributed by atoms with van der Waals surface area (Å²) in [6, 6.07) is 4.22. The Morgan fingerprint density at radius 2 is 1.60 bits per heavy atom. The highest BCUT2D eigenvalue weighted by Gasteiger charge is 2.26. The Labute approximate surface area is 149 Å². The van der Waals surface area contributed by atoms with E-state index in [0.29, 0.717) is 5.92 Å². The third-order valence-electron chi connectivity index (χ3n) is 5.67. The Balaban J connectivity index is 1.33. The van der Waals surface area contributed by atoms with Crippen molar-refractivity contribution in [2.45, 2.75) is 44.7 Å². The summed E-state index contributed by atoms with van der Waals surface area (Å²) < 4.78 is 2.25. The topological polar surface area (TPSA) is 50.1 Å². The molecule has 0 saturated carbocycles. The quantitative estimate of drug-likeness (QED) is 0.835. The van der Waals surface area contributed by atoms with E-state index >= 15 is 0 Å². The Morgan fingerprint density at radius 1 is 0.920 bits per heavy atom. The Bertz CT molecular complexity index is 668. The van der Waals surface area contributed by atoms with Gasteiger partial charge in [0.25, 0.3) is 0 Å². The molecule has 0 aliphatic carbocycles. The molecule has 0 aromatic carbocycles. The molecule has 0 N–H and O–H groups in total. The van der Waals surface area contributed by atoms with Crippen molar-refractivity contribution in [2.24, 2.45) is 7.05 Å². The van der Waals surface area contributed by atoms with Gasteiger partial charge < -0.3 is 4.57 Å². The number of nitrogens with zero attached hydrogens (tertiary/aromatic N) is 6. The highest BCUT2D eigenvalue weighted by atomic mass is 15.3. The van der Waals surface area contributed by atoms with E-state index < -0.39 is 0 Å². The van der Waals surface area contributed by atoms with Crippen LogP contribution in [0.3, 0.4) is 0 Å². The molecule has 25 heavy (non-hydrogen) atoms. The fourth-order valence-corrected chi connectivity index (χ4v) is 4.10. The van der Waals surface area contributed by atoms with Crippen molar-refractivity contribution in [3.63, 3.8) is 0 Å². The largest absolute Gasteiger partial charge is 0.317 e. The monoisotopic (exact) mass is 340 g/mol. The zero-order valence-electron chi connectivity index (χ0n) is 15.1. The van der Waals surface area contributed by atoms with Crippen molar-refractivity contribution in [3.8, 4) is 0 Å². The van der Waals surface area contributed by atoms with Crippen LogP contribution in [0.25, 0.3) is 0 Å². The summed E-state index contributed by atoms with van der Waals surface area (Å²) in [5.41, 5.74) is 1.35. The summed E-state index contributed by atoms with van der Waals surface area (Å²) in [6.45, 7) is 6.63. The van der Waals surface area contributed by atoms with Crippen molar-refractivity contribution < 1.29 is 0 Å². The SMILES string of the molecule is Cn1c(CN2CCCC2)nnc1C1CCN(Cc2ccncc2)CC1. The smallest absolute Gasteiger partial charge is 0.146 e. The second kappa shape index (κ2) is 7.62. The lowest BCUT2D eigenvalue weighted by molar-refractivity contribution is 0.200. The van der Waals surface area contributed by atoms with Gasteiger partial charge >= 0.3 is 0 Å². The lowest BCUT2D eigenvalue weighted by Crippen LogP contribution is -2.33. The summed E-state index contributed by atoms with van der Waals surface area (Å²) in [4.78, 5) is 9.13. The lowest BCUT2D eigenvalue weighted by atomic mass is 9.95. The Hall–Kier alpha value is -1.79. The number of pyridine rings is 1. The Kier molecular flexibility index (Phi) is 5.08. The molecule has 0 unspecified atom stereocenters. The van der Waals surface area contributed by atoms with Crippen LogP contribution < -0.4 is 0 Å². The molecule has 6 nitrogen and oxygen atoms in total. The number of aromatic nitrogens is 4. The summed E-state index contributed by atoms with van der Waals surface area (Å²) >= 11 is 0. The summed E-state index contributed by atoms with van der Waals surface area (Å²) in [6.07, 6.45) is 8.73. The molecule has 0 radical (unpaired) electrons. The van der Waals surface area contributed by atoms with E-state index in [9.17, 15) is 0 Å². The normalized spacial score (nSPS) is 20.4. The van der Waals surface area contributed by atoms with Crippen molar-refractivity contribution in [3.05, 3.63) is 41.7 Å². The van der Waals surface area contributed by atoms with Gasteiger partial charge in [-0.2, -0.15) is 0 Å². The standard InChI is InChI=1S/C19H28N6/c1-23-18(15-24-10-2-3-11-24)21-22-19(23)17-6-12-25(13-7-17)14-16-4-8-20-9-5-16/h4-5,8-9,17H,2-3,6-7,10-15H2,1H3. The van der Waals surface area contributed by atoms with Crippen LogP contribution in [0, 0.1) is 0 Å².